The first-order valence-electron chi connectivity index (χ1n) is 14.6. The summed E-state index contributed by atoms with van der Waals surface area (Å²) in [6, 6.07) is 0. The minimum atomic E-state index is -1.41. The van der Waals surface area contributed by atoms with Gasteiger partial charge in [0.05, 0.1) is 29.5 Å². The number of aliphatic hydroxyl groups excluding tert-OH is 4. The number of cyclic esters (lactones) is 1. The normalized spacial score (nSPS) is 57.3. The van der Waals surface area contributed by atoms with Crippen LogP contribution >= 0.6 is 0 Å². The minimum Gasteiger partial charge on any atom is -0.458 e. The van der Waals surface area contributed by atoms with Gasteiger partial charge in [-0.15, -0.1) is 0 Å². The Labute approximate surface area is 229 Å². The lowest BCUT2D eigenvalue weighted by molar-refractivity contribution is -0.323. The molecule has 14 atom stereocenters. The highest BCUT2D eigenvalue weighted by atomic mass is 16.7. The maximum absolute atomic E-state index is 12.4. The topological polar surface area (TPSA) is 166 Å². The Morgan fingerprint density at radius 1 is 0.923 bits per heavy atom. The second-order valence-corrected chi connectivity index (χ2v) is 13.8. The van der Waals surface area contributed by atoms with Crippen molar-refractivity contribution in [2.75, 3.05) is 6.61 Å². The number of esters is 1. The first kappa shape index (κ1) is 28.0. The van der Waals surface area contributed by atoms with Crippen LogP contribution in [0, 0.1) is 28.6 Å². The van der Waals surface area contributed by atoms with Crippen molar-refractivity contribution in [1.29, 1.82) is 0 Å². The Kier molecular flexibility index (Phi) is 6.61. The number of aliphatic hydroxyl groups is 6. The molecule has 220 valence electrons. The van der Waals surface area contributed by atoms with Gasteiger partial charge < -0.3 is 44.8 Å². The van der Waals surface area contributed by atoms with E-state index in [1.165, 1.54) is 0 Å². The Morgan fingerprint density at radius 2 is 1.67 bits per heavy atom. The molecule has 10 nitrogen and oxygen atoms in total. The highest BCUT2D eigenvalue weighted by molar-refractivity contribution is 5.85. The van der Waals surface area contributed by atoms with E-state index in [2.05, 4.69) is 0 Å². The zero-order valence-corrected chi connectivity index (χ0v) is 23.0. The van der Waals surface area contributed by atoms with Gasteiger partial charge in [-0.3, -0.25) is 0 Å². The fourth-order valence-electron chi connectivity index (χ4n) is 9.89. The molecule has 0 radical (unpaired) electrons. The molecule has 6 N–H and O–H groups in total. The molecule has 4 saturated carbocycles. The summed E-state index contributed by atoms with van der Waals surface area (Å²) < 4.78 is 16.9. The van der Waals surface area contributed by atoms with Crippen LogP contribution in [0.3, 0.4) is 0 Å². The van der Waals surface area contributed by atoms with Crippen molar-refractivity contribution in [3.8, 4) is 0 Å². The van der Waals surface area contributed by atoms with Crippen molar-refractivity contribution in [2.45, 2.75) is 126 Å². The molecule has 4 unspecified atom stereocenters. The Morgan fingerprint density at radius 3 is 2.36 bits per heavy atom. The molecule has 6 aliphatic rings. The standard InChI is InChI=1S/C29H44O10/c1-14-22(32)23(33)24(34)25(38-14)39-16-4-7-26(2)21-18(5-8-28(26,35)11-16)29(36)9-6-17(15-10-20(31)37-13-15)27(29,3)12-19(21)30/h10,14,16-19,21-25,30,32-36H,4-9,11-13H2,1-3H3/t14-,16-,17?,18?,19?,21?,22-,23+,24+,25-,26+,27+,28-,29-/m0/s1. The molecule has 1 saturated heterocycles. The van der Waals surface area contributed by atoms with Gasteiger partial charge in [0.2, 0.25) is 0 Å². The number of fused-ring (bicyclic) bond motifs is 5. The second-order valence-electron chi connectivity index (χ2n) is 13.8. The van der Waals surface area contributed by atoms with Crippen molar-refractivity contribution in [1.82, 2.24) is 0 Å². The van der Waals surface area contributed by atoms with E-state index in [1.54, 1.807) is 13.0 Å². The molecule has 0 aromatic carbocycles. The van der Waals surface area contributed by atoms with Crippen LogP contribution < -0.4 is 0 Å². The maximum atomic E-state index is 12.4. The summed E-state index contributed by atoms with van der Waals surface area (Å²) in [6.07, 6.45) is -1.39. The van der Waals surface area contributed by atoms with Crippen molar-refractivity contribution in [2.24, 2.45) is 28.6 Å². The lowest BCUT2D eigenvalue weighted by atomic mass is 9.41. The molecule has 39 heavy (non-hydrogen) atoms. The van der Waals surface area contributed by atoms with Crippen molar-refractivity contribution in [3.63, 3.8) is 0 Å². The molecule has 5 fully saturated rings. The third-order valence-corrected chi connectivity index (χ3v) is 12.2. The summed E-state index contributed by atoms with van der Waals surface area (Å²) in [4.78, 5) is 11.8. The summed E-state index contributed by atoms with van der Waals surface area (Å²) in [5.74, 6) is -0.893. The van der Waals surface area contributed by atoms with Crippen LogP contribution in [0.2, 0.25) is 0 Å². The molecule has 0 aromatic rings. The van der Waals surface area contributed by atoms with Crippen LogP contribution in [0.15, 0.2) is 11.6 Å². The molecule has 0 aromatic heterocycles. The number of carbonyl (C=O) groups is 1. The number of hydrogen-bond acceptors (Lipinski definition) is 10. The van der Waals surface area contributed by atoms with Gasteiger partial charge in [-0.1, -0.05) is 13.8 Å². The van der Waals surface area contributed by atoms with E-state index in [4.69, 9.17) is 14.2 Å². The van der Waals surface area contributed by atoms with Crippen LogP contribution in [0.25, 0.3) is 0 Å². The minimum absolute atomic E-state index is 0.0412. The molecule has 0 bridgehead atoms. The fourth-order valence-corrected chi connectivity index (χ4v) is 9.89. The third-order valence-electron chi connectivity index (χ3n) is 12.2. The molecule has 6 rings (SSSR count). The van der Waals surface area contributed by atoms with Gasteiger partial charge in [0.1, 0.15) is 24.9 Å². The second kappa shape index (κ2) is 9.19. The van der Waals surface area contributed by atoms with Gasteiger partial charge in [0.25, 0.3) is 0 Å². The van der Waals surface area contributed by atoms with Gasteiger partial charge >= 0.3 is 5.97 Å². The largest absolute Gasteiger partial charge is 0.458 e. The van der Waals surface area contributed by atoms with E-state index in [-0.39, 0.29) is 36.8 Å². The van der Waals surface area contributed by atoms with Crippen molar-refractivity contribution < 1.29 is 49.6 Å². The molecular weight excluding hydrogens is 508 g/mol. The molecule has 2 aliphatic heterocycles. The van der Waals surface area contributed by atoms with E-state index in [0.29, 0.717) is 38.5 Å². The predicted octanol–water partition coefficient (Wildman–Crippen LogP) is 0.542. The van der Waals surface area contributed by atoms with Crippen molar-refractivity contribution >= 4 is 5.97 Å². The molecule has 4 aliphatic carbocycles. The highest BCUT2D eigenvalue weighted by Crippen LogP contribution is 2.70. The average Bonchev–Trinajstić information content (AvgIpc) is 3.41. The summed E-state index contributed by atoms with van der Waals surface area (Å²) in [5.41, 5.74) is -2.54. The Hall–Kier alpha value is -1.11. The fraction of sp³-hybridized carbons (Fsp3) is 0.897. The summed E-state index contributed by atoms with van der Waals surface area (Å²) in [7, 11) is 0. The van der Waals surface area contributed by atoms with Crippen LogP contribution in [0.4, 0.5) is 0 Å². The van der Waals surface area contributed by atoms with Gasteiger partial charge in [-0.2, -0.15) is 0 Å². The lowest BCUT2D eigenvalue weighted by Gasteiger charge is -2.67. The average molecular weight is 553 g/mol. The van der Waals surface area contributed by atoms with Gasteiger partial charge in [0, 0.05) is 23.3 Å². The van der Waals surface area contributed by atoms with E-state index >= 15 is 0 Å². The molecule has 0 spiro atoms. The molecule has 2 heterocycles. The quantitative estimate of drug-likeness (QED) is 0.215. The van der Waals surface area contributed by atoms with E-state index < -0.39 is 64.9 Å². The number of ether oxygens (including phenoxy) is 3. The van der Waals surface area contributed by atoms with E-state index in [9.17, 15) is 35.4 Å². The number of rotatable bonds is 3. The first-order chi connectivity index (χ1) is 18.2. The van der Waals surface area contributed by atoms with Gasteiger partial charge in [0.15, 0.2) is 6.29 Å². The highest BCUT2D eigenvalue weighted by Gasteiger charge is 2.72. The summed E-state index contributed by atoms with van der Waals surface area (Å²) >= 11 is 0. The summed E-state index contributed by atoms with van der Waals surface area (Å²) in [5, 5.41) is 66.9. The smallest absolute Gasteiger partial charge is 0.331 e. The number of hydrogen-bond donors (Lipinski definition) is 6. The Bertz CT molecular complexity index is 1030. The monoisotopic (exact) mass is 552 g/mol. The third kappa shape index (κ3) is 3.86. The first-order valence-corrected chi connectivity index (χ1v) is 14.6. The van der Waals surface area contributed by atoms with Crippen LogP contribution in [0.5, 0.6) is 0 Å². The van der Waals surface area contributed by atoms with Crippen LogP contribution in [0.1, 0.15) is 72.1 Å². The SMILES string of the molecule is C[C@@H]1O[C@@H](O[C@H]2CC[C@]3(C)C4C(O)C[C@]5(C)C(C6=CC(=O)OC6)CC[C@]5(O)C4CC[C@]3(O)C2)[C@H](O)[C@H](O)[C@H]1O. The zero-order chi connectivity index (χ0) is 28.1. The number of carbonyl (C=O) groups excluding carboxylic acids is 1. The van der Waals surface area contributed by atoms with Crippen LogP contribution in [-0.2, 0) is 19.0 Å². The maximum Gasteiger partial charge on any atom is 0.331 e. The summed E-state index contributed by atoms with van der Waals surface area (Å²) in [6.45, 7) is 5.92. The molecule has 0 amide bonds. The van der Waals surface area contributed by atoms with E-state index in [0.717, 1.165) is 12.0 Å². The van der Waals surface area contributed by atoms with E-state index in [1.807, 2.05) is 13.8 Å². The zero-order valence-electron chi connectivity index (χ0n) is 23.0. The molecule has 10 heteroatoms. The van der Waals surface area contributed by atoms with Gasteiger partial charge in [-0.25, -0.2) is 4.79 Å². The lowest BCUT2D eigenvalue weighted by Crippen LogP contribution is -2.71. The Balaban J connectivity index is 1.22. The predicted molar refractivity (Wildman–Crippen MR) is 136 cm³/mol. The molecular formula is C29H44O10. The van der Waals surface area contributed by atoms with Crippen molar-refractivity contribution in [3.05, 3.63) is 11.6 Å². The van der Waals surface area contributed by atoms with Gasteiger partial charge in [-0.05, 0) is 75.2 Å². The van der Waals surface area contributed by atoms with Crippen LogP contribution in [-0.4, -0.2) is 97.3 Å².